The van der Waals surface area contributed by atoms with E-state index in [1.807, 2.05) is 19.1 Å². The predicted octanol–water partition coefficient (Wildman–Crippen LogP) is 3.15. The van der Waals surface area contributed by atoms with Gasteiger partial charge in [-0.15, -0.1) is 0 Å². The van der Waals surface area contributed by atoms with Gasteiger partial charge in [0.2, 0.25) is 5.03 Å². The summed E-state index contributed by atoms with van der Waals surface area (Å²) in [5, 5.41) is 15.8. The van der Waals surface area contributed by atoms with Crippen molar-refractivity contribution in [3.05, 3.63) is 70.9 Å². The Morgan fingerprint density at radius 2 is 1.83 bits per heavy atom. The van der Waals surface area contributed by atoms with Crippen molar-refractivity contribution >= 4 is 27.3 Å². The molecule has 0 bridgehead atoms. The second-order valence-corrected chi connectivity index (χ2v) is 10.3. The van der Waals surface area contributed by atoms with Crippen LogP contribution in [0.1, 0.15) is 34.0 Å². The minimum absolute atomic E-state index is 0.0221. The Hall–Kier alpha value is -3.68. The number of carbonyl (C=O) groups excluding carboxylic acids is 1. The first-order valence-electron chi connectivity index (χ1n) is 11.4. The zero-order valence-electron chi connectivity index (χ0n) is 20.0. The second-order valence-electron chi connectivity index (χ2n) is 8.46. The van der Waals surface area contributed by atoms with Crippen molar-refractivity contribution in [1.29, 1.82) is 5.26 Å². The molecule has 1 saturated heterocycles. The standard InChI is InChI=1S/C25H28N6O3S/c1-4-30-17-22(24(32)27-21-9-6-8-20(15-21)16-26)25(28-30)35(33,34)31-13-11-29(12-14-31)23-10-5-7-18(2)19(23)3/h5-10,15,17H,4,11-14H2,1-3H3,(H,27,32). The lowest BCUT2D eigenvalue weighted by Crippen LogP contribution is -2.49. The van der Waals surface area contributed by atoms with Crippen LogP contribution in [0.5, 0.6) is 0 Å². The first-order valence-corrected chi connectivity index (χ1v) is 12.9. The van der Waals surface area contributed by atoms with Gasteiger partial charge in [-0.05, 0) is 56.2 Å². The number of hydrogen-bond acceptors (Lipinski definition) is 6. The highest BCUT2D eigenvalue weighted by atomic mass is 32.2. The predicted molar refractivity (Wildman–Crippen MR) is 134 cm³/mol. The van der Waals surface area contributed by atoms with Crippen LogP contribution in [0.25, 0.3) is 0 Å². The molecule has 1 fully saturated rings. The quantitative estimate of drug-likeness (QED) is 0.566. The van der Waals surface area contributed by atoms with Crippen LogP contribution in [0, 0.1) is 25.2 Å². The molecule has 4 rings (SSSR count). The molecule has 1 amide bonds. The van der Waals surface area contributed by atoms with Gasteiger partial charge in [0.05, 0.1) is 17.2 Å². The van der Waals surface area contributed by atoms with Crippen molar-refractivity contribution in [2.75, 3.05) is 36.4 Å². The van der Waals surface area contributed by atoms with E-state index >= 15 is 0 Å². The summed E-state index contributed by atoms with van der Waals surface area (Å²) in [6, 6.07) is 14.6. The van der Waals surface area contributed by atoms with Crippen molar-refractivity contribution in [2.45, 2.75) is 32.3 Å². The largest absolute Gasteiger partial charge is 0.369 e. The first-order chi connectivity index (χ1) is 16.7. The number of aromatic nitrogens is 2. The Bertz CT molecular complexity index is 1400. The number of sulfonamides is 1. The molecule has 1 N–H and O–H groups in total. The van der Waals surface area contributed by atoms with Gasteiger partial charge in [0.15, 0.2) is 0 Å². The summed E-state index contributed by atoms with van der Waals surface area (Å²) in [6.45, 7) is 8.04. The maximum Gasteiger partial charge on any atom is 0.263 e. The molecule has 0 radical (unpaired) electrons. The zero-order chi connectivity index (χ0) is 25.2. The molecule has 3 aromatic rings. The summed E-state index contributed by atoms with van der Waals surface area (Å²) >= 11 is 0. The summed E-state index contributed by atoms with van der Waals surface area (Å²) in [7, 11) is -3.99. The number of carbonyl (C=O) groups is 1. The number of nitriles is 1. The fourth-order valence-corrected chi connectivity index (χ4v) is 5.67. The SMILES string of the molecule is CCn1cc(C(=O)Nc2cccc(C#N)c2)c(S(=O)(=O)N2CCN(c3cccc(C)c3C)CC2)n1. The smallest absolute Gasteiger partial charge is 0.263 e. The maximum absolute atomic E-state index is 13.6. The van der Waals surface area contributed by atoms with Crippen molar-refractivity contribution in [1.82, 2.24) is 14.1 Å². The van der Waals surface area contributed by atoms with Gasteiger partial charge < -0.3 is 10.2 Å². The van der Waals surface area contributed by atoms with Crippen molar-refractivity contribution in [3.8, 4) is 6.07 Å². The number of aryl methyl sites for hydroxylation is 2. The molecule has 10 heteroatoms. The molecule has 2 heterocycles. The van der Waals surface area contributed by atoms with Crippen LogP contribution in [-0.2, 0) is 16.6 Å². The van der Waals surface area contributed by atoms with E-state index in [2.05, 4.69) is 41.3 Å². The topological polar surface area (TPSA) is 111 Å². The van der Waals surface area contributed by atoms with E-state index in [1.165, 1.54) is 32.4 Å². The molecule has 0 aliphatic carbocycles. The highest BCUT2D eigenvalue weighted by Gasteiger charge is 2.35. The lowest BCUT2D eigenvalue weighted by molar-refractivity contribution is 0.102. The Labute approximate surface area is 205 Å². The van der Waals surface area contributed by atoms with E-state index in [-0.39, 0.29) is 10.6 Å². The molecule has 182 valence electrons. The minimum Gasteiger partial charge on any atom is -0.369 e. The lowest BCUT2D eigenvalue weighted by Gasteiger charge is -2.36. The summed E-state index contributed by atoms with van der Waals surface area (Å²) in [4.78, 5) is 15.3. The van der Waals surface area contributed by atoms with Crippen molar-refractivity contribution in [2.24, 2.45) is 0 Å². The van der Waals surface area contributed by atoms with Crippen LogP contribution in [0.15, 0.2) is 53.7 Å². The monoisotopic (exact) mass is 492 g/mol. The van der Waals surface area contributed by atoms with Crippen molar-refractivity contribution in [3.63, 3.8) is 0 Å². The van der Waals surface area contributed by atoms with Gasteiger partial charge in [0.1, 0.15) is 0 Å². The van der Waals surface area contributed by atoms with E-state index < -0.39 is 15.9 Å². The van der Waals surface area contributed by atoms with E-state index in [0.717, 1.165) is 5.69 Å². The number of nitrogens with one attached hydrogen (secondary N) is 1. The summed E-state index contributed by atoms with van der Waals surface area (Å²) in [5.74, 6) is -0.590. The number of anilines is 2. The zero-order valence-corrected chi connectivity index (χ0v) is 20.8. The molecule has 0 saturated carbocycles. The summed E-state index contributed by atoms with van der Waals surface area (Å²) < 4.78 is 30.0. The van der Waals surface area contributed by atoms with Gasteiger partial charge in [0, 0.05) is 50.3 Å². The summed E-state index contributed by atoms with van der Waals surface area (Å²) in [5.41, 5.74) is 4.26. The minimum atomic E-state index is -3.99. The average molecular weight is 493 g/mol. The molecule has 9 nitrogen and oxygen atoms in total. The van der Waals surface area contributed by atoms with E-state index in [1.54, 1.807) is 18.2 Å². The van der Waals surface area contributed by atoms with Crippen LogP contribution in [0.3, 0.4) is 0 Å². The van der Waals surface area contributed by atoms with Gasteiger partial charge in [-0.2, -0.15) is 14.7 Å². The number of benzene rings is 2. The second kappa shape index (κ2) is 9.90. The molecular weight excluding hydrogens is 464 g/mol. The van der Waals surface area contributed by atoms with E-state index in [0.29, 0.717) is 44.0 Å². The molecule has 35 heavy (non-hydrogen) atoms. The average Bonchev–Trinajstić information content (AvgIpc) is 3.32. The first kappa shape index (κ1) is 24.4. The Morgan fingerprint density at radius 3 is 2.51 bits per heavy atom. The lowest BCUT2D eigenvalue weighted by atomic mass is 10.1. The van der Waals surface area contributed by atoms with Crippen LogP contribution in [-0.4, -0.2) is 54.6 Å². The fraction of sp³-hybridized carbons (Fsp3) is 0.320. The van der Waals surface area contributed by atoms with Gasteiger partial charge in [0.25, 0.3) is 15.9 Å². The fourth-order valence-electron chi connectivity index (χ4n) is 4.15. The highest BCUT2D eigenvalue weighted by Crippen LogP contribution is 2.26. The maximum atomic E-state index is 13.6. The molecule has 1 aliphatic heterocycles. The van der Waals surface area contributed by atoms with E-state index in [4.69, 9.17) is 5.26 Å². The van der Waals surface area contributed by atoms with Gasteiger partial charge in [-0.3, -0.25) is 9.48 Å². The van der Waals surface area contributed by atoms with Gasteiger partial charge >= 0.3 is 0 Å². The Balaban J connectivity index is 1.56. The Morgan fingerprint density at radius 1 is 1.11 bits per heavy atom. The van der Waals surface area contributed by atoms with Crippen LogP contribution in [0.2, 0.25) is 0 Å². The third-order valence-corrected chi connectivity index (χ3v) is 8.12. The van der Waals surface area contributed by atoms with Crippen LogP contribution >= 0.6 is 0 Å². The molecule has 0 spiro atoms. The number of rotatable bonds is 6. The number of amides is 1. The number of hydrogen-bond donors (Lipinski definition) is 1. The molecule has 2 aromatic carbocycles. The molecule has 1 aromatic heterocycles. The molecule has 0 unspecified atom stereocenters. The third kappa shape index (κ3) is 4.92. The summed E-state index contributed by atoms with van der Waals surface area (Å²) in [6.07, 6.45) is 1.45. The number of piperazine rings is 1. The third-order valence-electron chi connectivity index (χ3n) is 6.29. The van der Waals surface area contributed by atoms with Gasteiger partial charge in [-0.1, -0.05) is 18.2 Å². The van der Waals surface area contributed by atoms with Crippen LogP contribution in [0.4, 0.5) is 11.4 Å². The molecular formula is C25H28N6O3S. The normalized spacial score (nSPS) is 14.5. The number of nitrogens with zero attached hydrogens (tertiary/aromatic N) is 5. The van der Waals surface area contributed by atoms with Crippen molar-refractivity contribution < 1.29 is 13.2 Å². The highest BCUT2D eigenvalue weighted by molar-refractivity contribution is 7.89. The van der Waals surface area contributed by atoms with Crippen LogP contribution < -0.4 is 10.2 Å². The Kier molecular flexibility index (Phi) is 6.91. The molecule has 0 atom stereocenters. The van der Waals surface area contributed by atoms with E-state index in [9.17, 15) is 13.2 Å². The molecule has 1 aliphatic rings. The van der Waals surface area contributed by atoms with Gasteiger partial charge in [-0.25, -0.2) is 8.42 Å².